The van der Waals surface area contributed by atoms with Gasteiger partial charge in [0.2, 0.25) is 5.91 Å². The number of amides is 1. The molecule has 0 fully saturated rings. The molecule has 31 heavy (non-hydrogen) atoms. The molecule has 0 aliphatic carbocycles. The summed E-state index contributed by atoms with van der Waals surface area (Å²) in [7, 11) is -3.78. The van der Waals surface area contributed by atoms with Crippen LogP contribution < -0.4 is 10.0 Å². The van der Waals surface area contributed by atoms with Crippen molar-refractivity contribution >= 4 is 39.5 Å². The van der Waals surface area contributed by atoms with Gasteiger partial charge in [-0.2, -0.15) is 0 Å². The summed E-state index contributed by atoms with van der Waals surface area (Å²) in [6, 6.07) is 10.7. The van der Waals surface area contributed by atoms with Crippen LogP contribution in [0.25, 0.3) is 12.2 Å². The highest BCUT2D eigenvalue weighted by molar-refractivity contribution is 7.92. The Balaban J connectivity index is 1.91. The molecule has 162 valence electrons. The number of aromatic nitrogens is 1. The fourth-order valence-electron chi connectivity index (χ4n) is 3.14. The van der Waals surface area contributed by atoms with Crippen molar-refractivity contribution in [3.05, 3.63) is 70.1 Å². The lowest BCUT2D eigenvalue weighted by Gasteiger charge is -2.13. The summed E-state index contributed by atoms with van der Waals surface area (Å²) in [6.07, 6.45) is 3.35. The number of carbonyl (C=O) groups is 1. The van der Waals surface area contributed by atoms with E-state index in [0.717, 1.165) is 11.1 Å². The molecular weight excluding hydrogens is 414 g/mol. The largest absolute Gasteiger partial charge is 0.354 e. The van der Waals surface area contributed by atoms with Gasteiger partial charge in [0.25, 0.3) is 10.0 Å². The highest BCUT2D eigenvalue weighted by Gasteiger charge is 2.18. The standard InChI is InChI=1S/C23H25N3O4S/c1-14-6-10-20(16(3)12-14)26-31(28,29)22-13-19(8-7-15(22)2)9-11-21-23(24-18(5)27)17(4)25-30-21/h6-13,26H,1-5H3,(H,24,27)/b11-9-. The lowest BCUT2D eigenvalue weighted by atomic mass is 10.1. The van der Waals surface area contributed by atoms with Crippen LogP contribution in [-0.2, 0) is 14.8 Å². The number of nitrogens with one attached hydrogen (secondary N) is 2. The highest BCUT2D eigenvalue weighted by atomic mass is 32.2. The number of hydrogen-bond donors (Lipinski definition) is 2. The van der Waals surface area contributed by atoms with Gasteiger partial charge >= 0.3 is 0 Å². The summed E-state index contributed by atoms with van der Waals surface area (Å²) < 4.78 is 34.0. The molecule has 1 aromatic heterocycles. The van der Waals surface area contributed by atoms with Crippen molar-refractivity contribution in [1.29, 1.82) is 0 Å². The molecule has 0 spiro atoms. The summed E-state index contributed by atoms with van der Waals surface area (Å²) >= 11 is 0. The maximum absolute atomic E-state index is 13.1. The summed E-state index contributed by atoms with van der Waals surface area (Å²) in [5.74, 6) is 0.147. The SMILES string of the molecule is CC(=O)Nc1c(C)noc1/C=C\c1ccc(C)c(S(=O)(=O)Nc2ccc(C)cc2C)c1. The van der Waals surface area contributed by atoms with Gasteiger partial charge in [-0.1, -0.05) is 41.1 Å². The third-order valence-electron chi connectivity index (χ3n) is 4.75. The number of sulfonamides is 1. The van der Waals surface area contributed by atoms with Gasteiger partial charge in [-0.05, 0) is 62.6 Å². The maximum Gasteiger partial charge on any atom is 0.262 e. The van der Waals surface area contributed by atoms with E-state index in [-0.39, 0.29) is 10.8 Å². The number of hydrogen-bond acceptors (Lipinski definition) is 5. The number of carbonyl (C=O) groups excluding carboxylic acids is 1. The second kappa shape index (κ2) is 8.77. The minimum absolute atomic E-state index is 0.186. The zero-order chi connectivity index (χ0) is 22.8. The first kappa shape index (κ1) is 22.3. The van der Waals surface area contributed by atoms with Crippen molar-refractivity contribution < 1.29 is 17.7 Å². The van der Waals surface area contributed by atoms with Crippen LogP contribution in [0.3, 0.4) is 0 Å². The van der Waals surface area contributed by atoms with Gasteiger partial charge in [0, 0.05) is 6.92 Å². The molecule has 8 heteroatoms. The average molecular weight is 440 g/mol. The first-order chi connectivity index (χ1) is 14.6. The molecule has 3 rings (SSSR count). The number of rotatable bonds is 6. The normalized spacial score (nSPS) is 11.6. The van der Waals surface area contributed by atoms with Crippen molar-refractivity contribution in [3.8, 4) is 0 Å². The van der Waals surface area contributed by atoms with E-state index in [4.69, 9.17) is 4.52 Å². The molecule has 0 aliphatic heterocycles. The van der Waals surface area contributed by atoms with E-state index in [2.05, 4.69) is 15.2 Å². The Labute approximate surface area is 182 Å². The molecule has 7 nitrogen and oxygen atoms in total. The molecule has 0 bridgehead atoms. The lowest BCUT2D eigenvalue weighted by Crippen LogP contribution is -2.15. The molecule has 1 heterocycles. The van der Waals surface area contributed by atoms with Gasteiger partial charge in [-0.3, -0.25) is 9.52 Å². The number of aryl methyl sites for hydroxylation is 4. The van der Waals surface area contributed by atoms with E-state index in [1.54, 1.807) is 44.2 Å². The minimum Gasteiger partial charge on any atom is -0.354 e. The van der Waals surface area contributed by atoms with E-state index in [1.165, 1.54) is 6.92 Å². The molecule has 2 aromatic carbocycles. The van der Waals surface area contributed by atoms with E-state index < -0.39 is 10.0 Å². The monoisotopic (exact) mass is 439 g/mol. The molecule has 3 aromatic rings. The molecule has 0 aliphatic rings. The van der Waals surface area contributed by atoms with Crippen LogP contribution in [0.4, 0.5) is 11.4 Å². The summed E-state index contributed by atoms with van der Waals surface area (Å²) in [5, 5.41) is 6.55. The van der Waals surface area contributed by atoms with Gasteiger partial charge in [-0.15, -0.1) is 0 Å². The van der Waals surface area contributed by atoms with Crippen molar-refractivity contribution in [2.45, 2.75) is 39.5 Å². The summed E-state index contributed by atoms with van der Waals surface area (Å²) in [5.41, 5.74) is 4.79. The Bertz CT molecular complexity index is 1270. The molecular formula is C23H25N3O4S. The Morgan fingerprint density at radius 3 is 2.42 bits per heavy atom. The number of anilines is 2. The van der Waals surface area contributed by atoms with E-state index >= 15 is 0 Å². The number of benzene rings is 2. The Morgan fingerprint density at radius 1 is 1.00 bits per heavy atom. The fourth-order valence-corrected chi connectivity index (χ4v) is 4.55. The second-order valence-electron chi connectivity index (χ2n) is 7.47. The lowest BCUT2D eigenvalue weighted by molar-refractivity contribution is -0.114. The van der Waals surface area contributed by atoms with Crippen LogP contribution in [0.15, 0.2) is 45.8 Å². The quantitative estimate of drug-likeness (QED) is 0.572. The Morgan fingerprint density at radius 2 is 1.74 bits per heavy atom. The molecule has 0 atom stereocenters. The molecule has 0 unspecified atom stereocenters. The first-order valence-corrected chi connectivity index (χ1v) is 11.2. The zero-order valence-corrected chi connectivity index (χ0v) is 18.9. The van der Waals surface area contributed by atoms with Gasteiger partial charge < -0.3 is 9.84 Å². The minimum atomic E-state index is -3.78. The predicted octanol–water partition coefficient (Wildman–Crippen LogP) is 4.84. The van der Waals surface area contributed by atoms with Crippen molar-refractivity contribution in [3.63, 3.8) is 0 Å². The van der Waals surface area contributed by atoms with Gasteiger partial charge in [0.05, 0.1) is 10.6 Å². The van der Waals surface area contributed by atoms with E-state index in [0.29, 0.717) is 34.0 Å². The third kappa shape index (κ3) is 5.21. The smallest absolute Gasteiger partial charge is 0.262 e. The van der Waals surface area contributed by atoms with Crippen LogP contribution in [0.5, 0.6) is 0 Å². The summed E-state index contributed by atoms with van der Waals surface area (Å²) in [6.45, 7) is 8.70. The number of nitrogens with zero attached hydrogens (tertiary/aromatic N) is 1. The molecule has 0 saturated carbocycles. The summed E-state index contributed by atoms with van der Waals surface area (Å²) in [4.78, 5) is 11.6. The predicted molar refractivity (Wildman–Crippen MR) is 122 cm³/mol. The maximum atomic E-state index is 13.1. The third-order valence-corrected chi connectivity index (χ3v) is 6.25. The van der Waals surface area contributed by atoms with E-state index in [1.807, 2.05) is 32.0 Å². The van der Waals surface area contributed by atoms with Crippen LogP contribution in [0.1, 0.15) is 40.6 Å². The van der Waals surface area contributed by atoms with Crippen LogP contribution >= 0.6 is 0 Å². The Kier molecular flexibility index (Phi) is 6.31. The van der Waals surface area contributed by atoms with Crippen molar-refractivity contribution in [2.24, 2.45) is 0 Å². The van der Waals surface area contributed by atoms with Gasteiger partial charge in [-0.25, -0.2) is 8.42 Å². The van der Waals surface area contributed by atoms with Crippen LogP contribution in [0.2, 0.25) is 0 Å². The molecule has 1 amide bonds. The van der Waals surface area contributed by atoms with Gasteiger partial charge in [0.1, 0.15) is 11.4 Å². The van der Waals surface area contributed by atoms with Crippen molar-refractivity contribution in [2.75, 3.05) is 10.0 Å². The second-order valence-corrected chi connectivity index (χ2v) is 9.12. The molecule has 2 N–H and O–H groups in total. The van der Waals surface area contributed by atoms with Crippen LogP contribution in [0, 0.1) is 27.7 Å². The van der Waals surface area contributed by atoms with Gasteiger partial charge in [0.15, 0.2) is 5.76 Å². The topological polar surface area (TPSA) is 101 Å². The highest BCUT2D eigenvalue weighted by Crippen LogP contribution is 2.26. The zero-order valence-electron chi connectivity index (χ0n) is 18.1. The van der Waals surface area contributed by atoms with Crippen LogP contribution in [-0.4, -0.2) is 19.5 Å². The average Bonchev–Trinajstić information content (AvgIpc) is 3.02. The Hall–Kier alpha value is -3.39. The van der Waals surface area contributed by atoms with E-state index in [9.17, 15) is 13.2 Å². The first-order valence-electron chi connectivity index (χ1n) is 9.69. The fraction of sp³-hybridized carbons (Fsp3) is 0.217. The molecule has 0 radical (unpaired) electrons. The molecule has 0 saturated heterocycles. The van der Waals surface area contributed by atoms with Crippen molar-refractivity contribution in [1.82, 2.24) is 5.16 Å².